The lowest BCUT2D eigenvalue weighted by Crippen LogP contribution is -2.31. The average Bonchev–Trinajstić information content (AvgIpc) is 3.03. The van der Waals surface area contributed by atoms with Crippen molar-refractivity contribution in [1.29, 1.82) is 0 Å². The highest BCUT2D eigenvalue weighted by atomic mass is 19.3. The number of rotatable bonds is 8. The number of benzene rings is 1. The van der Waals surface area contributed by atoms with Crippen LogP contribution >= 0.6 is 0 Å². The van der Waals surface area contributed by atoms with Gasteiger partial charge in [-0.05, 0) is 25.5 Å². The van der Waals surface area contributed by atoms with Crippen molar-refractivity contribution < 1.29 is 23.1 Å². The van der Waals surface area contributed by atoms with Crippen molar-refractivity contribution in [3.63, 3.8) is 0 Å². The molecule has 1 aromatic heterocycles. The van der Waals surface area contributed by atoms with Crippen molar-refractivity contribution in [3.8, 4) is 0 Å². The number of carbonyl (C=O) groups is 2. The van der Waals surface area contributed by atoms with Crippen LogP contribution in [0.2, 0.25) is 0 Å². The summed E-state index contributed by atoms with van der Waals surface area (Å²) < 4.78 is 33.2. The molecule has 1 heterocycles. The minimum Gasteiger partial charge on any atom is -0.462 e. The van der Waals surface area contributed by atoms with Crippen LogP contribution in [0, 0.1) is 0 Å². The molecule has 0 amide bonds. The second-order valence-corrected chi connectivity index (χ2v) is 5.31. The van der Waals surface area contributed by atoms with E-state index in [2.05, 4.69) is 4.74 Å². The fourth-order valence-electron chi connectivity index (χ4n) is 2.36. The zero-order valence-electron chi connectivity index (χ0n) is 13.4. The summed E-state index contributed by atoms with van der Waals surface area (Å²) in [4.78, 5) is 23.6. The van der Waals surface area contributed by atoms with Crippen LogP contribution in [-0.4, -0.2) is 28.8 Å². The van der Waals surface area contributed by atoms with Crippen molar-refractivity contribution in [3.05, 3.63) is 59.9 Å². The number of nitrogens with zero attached hydrogens (tertiary/aromatic N) is 1. The molecule has 0 saturated carbocycles. The number of hydrogen-bond donors (Lipinski definition) is 0. The molecule has 0 aliphatic carbocycles. The van der Waals surface area contributed by atoms with E-state index in [9.17, 15) is 18.4 Å². The molecule has 4 nitrogen and oxygen atoms in total. The Morgan fingerprint density at radius 2 is 1.83 bits per heavy atom. The highest BCUT2D eigenvalue weighted by Crippen LogP contribution is 2.23. The first-order valence-corrected chi connectivity index (χ1v) is 7.75. The van der Waals surface area contributed by atoms with Crippen molar-refractivity contribution in [1.82, 2.24) is 4.57 Å². The number of ether oxygens (including phenoxy) is 1. The van der Waals surface area contributed by atoms with Crippen molar-refractivity contribution in [2.75, 3.05) is 6.61 Å². The molecule has 0 bridgehead atoms. The minimum atomic E-state index is -3.51. The van der Waals surface area contributed by atoms with Gasteiger partial charge in [0.15, 0.2) is 0 Å². The standard InChI is InChI=1S/C18H19F2NO3/c1-2-24-17(23)18(19,20)11-7-13-21-12-6-10-15(21)16(22)14-8-4-3-5-9-14/h3-6,8-10,12H,2,7,11,13H2,1H3. The number of ketones is 1. The molecule has 0 fully saturated rings. The lowest BCUT2D eigenvalue weighted by Gasteiger charge is -2.15. The molecular formula is C18H19F2NO3. The van der Waals surface area contributed by atoms with Gasteiger partial charge < -0.3 is 9.30 Å². The van der Waals surface area contributed by atoms with Gasteiger partial charge in [-0.1, -0.05) is 30.3 Å². The SMILES string of the molecule is CCOC(=O)C(F)(F)CCCn1cccc1C(=O)c1ccccc1. The summed E-state index contributed by atoms with van der Waals surface area (Å²) in [6, 6.07) is 12.1. The first-order chi connectivity index (χ1) is 11.5. The summed E-state index contributed by atoms with van der Waals surface area (Å²) in [5.74, 6) is -5.18. The molecule has 0 saturated heterocycles. The summed E-state index contributed by atoms with van der Waals surface area (Å²) in [5, 5.41) is 0. The van der Waals surface area contributed by atoms with E-state index in [-0.39, 0.29) is 25.4 Å². The third kappa shape index (κ3) is 4.28. The molecule has 0 radical (unpaired) electrons. The van der Waals surface area contributed by atoms with Gasteiger partial charge in [-0.2, -0.15) is 8.78 Å². The summed E-state index contributed by atoms with van der Waals surface area (Å²) in [5.41, 5.74) is 0.968. The summed E-state index contributed by atoms with van der Waals surface area (Å²) in [6.07, 6.45) is 1.09. The van der Waals surface area contributed by atoms with Gasteiger partial charge in [-0.25, -0.2) is 4.79 Å². The van der Waals surface area contributed by atoms with Gasteiger partial charge in [0, 0.05) is 24.7 Å². The number of halogens is 2. The molecule has 0 N–H and O–H groups in total. The third-order valence-corrected chi connectivity index (χ3v) is 3.56. The van der Waals surface area contributed by atoms with Gasteiger partial charge in [0.05, 0.1) is 12.3 Å². The quantitative estimate of drug-likeness (QED) is 0.546. The predicted octanol–water partition coefficient (Wildman–Crippen LogP) is 3.70. The van der Waals surface area contributed by atoms with Gasteiger partial charge in [-0.3, -0.25) is 4.79 Å². The largest absolute Gasteiger partial charge is 0.462 e. The Labute approximate surface area is 139 Å². The zero-order chi connectivity index (χ0) is 17.6. The van der Waals surface area contributed by atoms with E-state index in [4.69, 9.17) is 0 Å². The normalized spacial score (nSPS) is 11.3. The van der Waals surface area contributed by atoms with Gasteiger partial charge in [-0.15, -0.1) is 0 Å². The van der Waals surface area contributed by atoms with Crippen LogP contribution in [0.3, 0.4) is 0 Å². The Hall–Kier alpha value is -2.50. The Kier molecular flexibility index (Phi) is 5.84. The van der Waals surface area contributed by atoms with Crippen molar-refractivity contribution in [2.24, 2.45) is 0 Å². The number of alkyl halides is 2. The lowest BCUT2D eigenvalue weighted by molar-refractivity contribution is -0.172. The first kappa shape index (κ1) is 17.8. The van der Waals surface area contributed by atoms with E-state index in [0.717, 1.165) is 0 Å². The van der Waals surface area contributed by atoms with E-state index < -0.39 is 18.3 Å². The lowest BCUT2D eigenvalue weighted by atomic mass is 10.1. The zero-order valence-corrected chi connectivity index (χ0v) is 13.4. The summed E-state index contributed by atoms with van der Waals surface area (Å²) >= 11 is 0. The summed E-state index contributed by atoms with van der Waals surface area (Å²) in [6.45, 7) is 1.62. The Morgan fingerprint density at radius 3 is 2.50 bits per heavy atom. The van der Waals surface area contributed by atoms with Gasteiger partial charge >= 0.3 is 11.9 Å². The van der Waals surface area contributed by atoms with Crippen LogP contribution in [0.4, 0.5) is 8.78 Å². The Morgan fingerprint density at radius 1 is 1.12 bits per heavy atom. The molecule has 0 aliphatic heterocycles. The highest BCUT2D eigenvalue weighted by molar-refractivity contribution is 6.07. The van der Waals surface area contributed by atoms with E-state index >= 15 is 0 Å². The summed E-state index contributed by atoms with van der Waals surface area (Å²) in [7, 11) is 0. The monoisotopic (exact) mass is 335 g/mol. The van der Waals surface area contributed by atoms with Crippen LogP contribution in [0.25, 0.3) is 0 Å². The van der Waals surface area contributed by atoms with Crippen LogP contribution in [0.1, 0.15) is 35.8 Å². The number of esters is 1. The molecule has 6 heteroatoms. The first-order valence-electron chi connectivity index (χ1n) is 7.75. The van der Waals surface area contributed by atoms with Crippen molar-refractivity contribution >= 4 is 11.8 Å². The Balaban J connectivity index is 1.99. The fourth-order valence-corrected chi connectivity index (χ4v) is 2.36. The average molecular weight is 335 g/mol. The predicted molar refractivity (Wildman–Crippen MR) is 85.1 cm³/mol. The highest BCUT2D eigenvalue weighted by Gasteiger charge is 2.39. The fraction of sp³-hybridized carbons (Fsp3) is 0.333. The number of aryl methyl sites for hydroxylation is 1. The molecule has 0 aliphatic rings. The Bertz CT molecular complexity index is 695. The van der Waals surface area contributed by atoms with Gasteiger partial charge in [0.1, 0.15) is 0 Å². The number of hydrogen-bond acceptors (Lipinski definition) is 3. The van der Waals surface area contributed by atoms with E-state index in [1.807, 2.05) is 6.07 Å². The molecule has 24 heavy (non-hydrogen) atoms. The van der Waals surface area contributed by atoms with Gasteiger partial charge in [0.25, 0.3) is 0 Å². The maximum absolute atomic E-state index is 13.6. The molecular weight excluding hydrogens is 316 g/mol. The van der Waals surface area contributed by atoms with Crippen LogP contribution in [-0.2, 0) is 16.1 Å². The molecule has 2 aromatic rings. The molecule has 1 aromatic carbocycles. The smallest absolute Gasteiger partial charge is 0.376 e. The van der Waals surface area contributed by atoms with Crippen LogP contribution < -0.4 is 0 Å². The van der Waals surface area contributed by atoms with E-state index in [0.29, 0.717) is 11.3 Å². The third-order valence-electron chi connectivity index (χ3n) is 3.56. The molecule has 2 rings (SSSR count). The molecule has 0 unspecified atom stereocenters. The number of carbonyl (C=O) groups excluding carboxylic acids is 2. The minimum absolute atomic E-state index is 0.0512. The van der Waals surface area contributed by atoms with Crippen LogP contribution in [0.5, 0.6) is 0 Å². The second kappa shape index (κ2) is 7.86. The van der Waals surface area contributed by atoms with Crippen molar-refractivity contribution in [2.45, 2.75) is 32.2 Å². The number of aromatic nitrogens is 1. The maximum atomic E-state index is 13.6. The topological polar surface area (TPSA) is 48.3 Å². The van der Waals surface area contributed by atoms with E-state index in [1.54, 1.807) is 47.2 Å². The van der Waals surface area contributed by atoms with E-state index in [1.165, 1.54) is 6.92 Å². The maximum Gasteiger partial charge on any atom is 0.376 e. The molecule has 128 valence electrons. The second-order valence-electron chi connectivity index (χ2n) is 5.31. The van der Waals surface area contributed by atoms with Crippen LogP contribution in [0.15, 0.2) is 48.7 Å². The molecule has 0 atom stereocenters. The van der Waals surface area contributed by atoms with Gasteiger partial charge in [0.2, 0.25) is 5.78 Å². The molecule has 0 spiro atoms.